The van der Waals surface area contributed by atoms with Crippen molar-refractivity contribution in [1.82, 2.24) is 9.97 Å². The fourth-order valence-corrected chi connectivity index (χ4v) is 3.55. The van der Waals surface area contributed by atoms with Crippen molar-refractivity contribution in [2.75, 3.05) is 24.6 Å². The zero-order chi connectivity index (χ0) is 15.6. The van der Waals surface area contributed by atoms with E-state index in [1.165, 1.54) is 11.3 Å². The highest BCUT2D eigenvalue weighted by Gasteiger charge is 2.21. The van der Waals surface area contributed by atoms with Gasteiger partial charge in [-0.25, -0.2) is 14.8 Å². The van der Waals surface area contributed by atoms with Gasteiger partial charge < -0.3 is 9.64 Å². The van der Waals surface area contributed by atoms with Crippen LogP contribution in [-0.2, 0) is 4.74 Å². The largest absolute Gasteiger partial charge is 0.462 e. The van der Waals surface area contributed by atoms with Gasteiger partial charge in [0.15, 0.2) is 0 Å². The molecule has 2 aromatic heterocycles. The molecule has 21 heavy (non-hydrogen) atoms. The maximum absolute atomic E-state index is 12.0. The Morgan fingerprint density at radius 1 is 1.29 bits per heavy atom. The SMILES string of the molecule is CCOC(=O)c1sc2nc(N(CC)CC)nc(Cl)c2c1C. The number of carbonyl (C=O) groups excluding carboxylic acids is 1. The summed E-state index contributed by atoms with van der Waals surface area (Å²) in [5.41, 5.74) is 0.782. The number of hydrogen-bond acceptors (Lipinski definition) is 6. The smallest absolute Gasteiger partial charge is 0.348 e. The van der Waals surface area contributed by atoms with Crippen LogP contribution in [-0.4, -0.2) is 35.6 Å². The van der Waals surface area contributed by atoms with Crippen molar-refractivity contribution < 1.29 is 9.53 Å². The summed E-state index contributed by atoms with van der Waals surface area (Å²) in [6.45, 7) is 9.64. The highest BCUT2D eigenvalue weighted by atomic mass is 35.5. The predicted octanol–water partition coefficient (Wildman–Crippen LogP) is 3.68. The Kier molecular flexibility index (Phi) is 5.00. The summed E-state index contributed by atoms with van der Waals surface area (Å²) in [5, 5.41) is 1.12. The number of aryl methyl sites for hydroxylation is 1. The molecule has 0 aliphatic heterocycles. The summed E-state index contributed by atoms with van der Waals surface area (Å²) in [5.74, 6) is 0.257. The zero-order valence-corrected chi connectivity index (χ0v) is 14.1. The molecule has 2 rings (SSSR count). The molecule has 2 heterocycles. The number of carbonyl (C=O) groups is 1. The molecular formula is C14H18ClN3O2S. The van der Waals surface area contributed by atoms with Crippen molar-refractivity contribution >= 4 is 45.1 Å². The van der Waals surface area contributed by atoms with Gasteiger partial charge in [0.1, 0.15) is 14.9 Å². The number of fused-ring (bicyclic) bond motifs is 1. The van der Waals surface area contributed by atoms with E-state index in [-0.39, 0.29) is 5.97 Å². The monoisotopic (exact) mass is 327 g/mol. The predicted molar refractivity (Wildman–Crippen MR) is 86.7 cm³/mol. The van der Waals surface area contributed by atoms with Gasteiger partial charge >= 0.3 is 5.97 Å². The fraction of sp³-hybridized carbons (Fsp3) is 0.500. The number of nitrogens with zero attached hydrogens (tertiary/aromatic N) is 3. The first-order chi connectivity index (χ1) is 10.0. The second kappa shape index (κ2) is 6.58. The van der Waals surface area contributed by atoms with E-state index < -0.39 is 0 Å². The Morgan fingerprint density at radius 3 is 2.52 bits per heavy atom. The third kappa shape index (κ3) is 2.96. The Morgan fingerprint density at radius 2 is 1.95 bits per heavy atom. The zero-order valence-electron chi connectivity index (χ0n) is 12.6. The van der Waals surface area contributed by atoms with Crippen LogP contribution in [0.5, 0.6) is 0 Å². The Bertz CT molecular complexity index is 668. The van der Waals surface area contributed by atoms with Gasteiger partial charge in [0.05, 0.1) is 12.0 Å². The lowest BCUT2D eigenvalue weighted by atomic mass is 10.2. The Balaban J connectivity index is 2.57. The van der Waals surface area contributed by atoms with Crippen molar-refractivity contribution in [1.29, 1.82) is 0 Å². The topological polar surface area (TPSA) is 55.3 Å². The van der Waals surface area contributed by atoms with Gasteiger partial charge in [-0.1, -0.05) is 11.6 Å². The summed E-state index contributed by atoms with van der Waals surface area (Å²) in [6, 6.07) is 0. The molecule has 7 heteroatoms. The first-order valence-electron chi connectivity index (χ1n) is 6.92. The first kappa shape index (κ1) is 16.0. The van der Waals surface area contributed by atoms with Crippen LogP contribution in [0.15, 0.2) is 0 Å². The normalized spacial score (nSPS) is 10.9. The summed E-state index contributed by atoms with van der Waals surface area (Å²) in [7, 11) is 0. The van der Waals surface area contributed by atoms with Crippen LogP contribution in [0, 0.1) is 6.92 Å². The quantitative estimate of drug-likeness (QED) is 0.619. The van der Waals surface area contributed by atoms with Gasteiger partial charge in [-0.3, -0.25) is 0 Å². The second-order valence-corrected chi connectivity index (χ2v) is 5.80. The number of anilines is 1. The minimum atomic E-state index is -0.335. The third-order valence-electron chi connectivity index (χ3n) is 3.24. The van der Waals surface area contributed by atoms with E-state index in [0.717, 1.165) is 28.9 Å². The lowest BCUT2D eigenvalue weighted by molar-refractivity contribution is 0.0531. The summed E-state index contributed by atoms with van der Waals surface area (Å²) in [6.07, 6.45) is 0. The molecule has 0 unspecified atom stereocenters. The molecule has 0 saturated heterocycles. The van der Waals surface area contributed by atoms with Crippen molar-refractivity contribution in [3.05, 3.63) is 15.6 Å². The van der Waals surface area contributed by atoms with Crippen molar-refractivity contribution in [2.24, 2.45) is 0 Å². The second-order valence-electron chi connectivity index (χ2n) is 4.44. The molecule has 0 aliphatic rings. The molecule has 0 aliphatic carbocycles. The highest BCUT2D eigenvalue weighted by Crippen LogP contribution is 2.35. The Hall–Kier alpha value is -1.40. The lowest BCUT2D eigenvalue weighted by Gasteiger charge is -2.18. The van der Waals surface area contributed by atoms with Crippen LogP contribution in [0.2, 0.25) is 5.15 Å². The van der Waals surface area contributed by atoms with E-state index in [1.807, 2.05) is 25.7 Å². The van der Waals surface area contributed by atoms with Gasteiger partial charge in [0.2, 0.25) is 5.95 Å². The average Bonchev–Trinajstić information content (AvgIpc) is 2.78. The van der Waals surface area contributed by atoms with E-state index in [1.54, 1.807) is 6.92 Å². The number of hydrogen-bond donors (Lipinski definition) is 0. The van der Waals surface area contributed by atoms with Crippen molar-refractivity contribution in [2.45, 2.75) is 27.7 Å². The molecule has 114 valence electrons. The molecule has 0 N–H and O–H groups in total. The molecule has 5 nitrogen and oxygen atoms in total. The molecule has 0 atom stereocenters. The maximum atomic E-state index is 12.0. The van der Waals surface area contributed by atoms with Gasteiger partial charge in [-0.2, -0.15) is 0 Å². The lowest BCUT2D eigenvalue weighted by Crippen LogP contribution is -2.24. The molecule has 0 aromatic carbocycles. The van der Waals surface area contributed by atoms with Gasteiger partial charge in [0, 0.05) is 13.1 Å². The molecular weight excluding hydrogens is 310 g/mol. The number of thiophene rings is 1. The van der Waals surface area contributed by atoms with E-state index in [4.69, 9.17) is 16.3 Å². The van der Waals surface area contributed by atoms with Crippen LogP contribution < -0.4 is 4.90 Å². The van der Waals surface area contributed by atoms with Crippen LogP contribution in [0.1, 0.15) is 36.0 Å². The Labute approximate surface area is 132 Å². The standard InChI is InChI=1S/C14H18ClN3O2S/c1-5-18(6-2)14-16-11(15)9-8(4)10(13(19)20-7-3)21-12(9)17-14/h5-7H2,1-4H3. The van der Waals surface area contributed by atoms with Gasteiger partial charge in [0.25, 0.3) is 0 Å². The molecule has 0 radical (unpaired) electrons. The molecule has 0 amide bonds. The van der Waals surface area contributed by atoms with E-state index >= 15 is 0 Å². The van der Waals surface area contributed by atoms with Crippen molar-refractivity contribution in [3.8, 4) is 0 Å². The summed E-state index contributed by atoms with van der Waals surface area (Å²) >= 11 is 7.60. The first-order valence-corrected chi connectivity index (χ1v) is 8.11. The number of esters is 1. The molecule has 0 bridgehead atoms. The minimum Gasteiger partial charge on any atom is -0.462 e. The fourth-order valence-electron chi connectivity index (χ4n) is 2.12. The number of rotatable bonds is 5. The average molecular weight is 328 g/mol. The van der Waals surface area contributed by atoms with Crippen molar-refractivity contribution in [3.63, 3.8) is 0 Å². The van der Waals surface area contributed by atoms with E-state index in [0.29, 0.717) is 22.6 Å². The highest BCUT2D eigenvalue weighted by molar-refractivity contribution is 7.20. The minimum absolute atomic E-state index is 0.335. The van der Waals surface area contributed by atoms with Gasteiger partial charge in [-0.05, 0) is 33.3 Å². The molecule has 0 fully saturated rings. The van der Waals surface area contributed by atoms with Crippen LogP contribution in [0.4, 0.5) is 5.95 Å². The molecule has 0 saturated carbocycles. The van der Waals surface area contributed by atoms with E-state index in [2.05, 4.69) is 9.97 Å². The maximum Gasteiger partial charge on any atom is 0.348 e. The molecule has 2 aromatic rings. The molecule has 0 spiro atoms. The summed E-state index contributed by atoms with van der Waals surface area (Å²) < 4.78 is 5.07. The van der Waals surface area contributed by atoms with Crippen LogP contribution in [0.25, 0.3) is 10.2 Å². The number of halogens is 1. The number of ether oxygens (including phenoxy) is 1. The summed E-state index contributed by atoms with van der Waals surface area (Å²) in [4.78, 5) is 24.1. The van der Waals surface area contributed by atoms with Gasteiger partial charge in [-0.15, -0.1) is 11.3 Å². The van der Waals surface area contributed by atoms with Crippen LogP contribution in [0.3, 0.4) is 0 Å². The number of aromatic nitrogens is 2. The third-order valence-corrected chi connectivity index (χ3v) is 4.68. The van der Waals surface area contributed by atoms with E-state index in [9.17, 15) is 4.79 Å². The van der Waals surface area contributed by atoms with Crippen LogP contribution >= 0.6 is 22.9 Å².